The first-order valence-electron chi connectivity index (χ1n) is 9.50. The lowest BCUT2D eigenvalue weighted by molar-refractivity contribution is 0.0714. The van der Waals surface area contributed by atoms with Gasteiger partial charge in [-0.2, -0.15) is 4.98 Å². The van der Waals surface area contributed by atoms with Crippen molar-refractivity contribution < 1.29 is 13.6 Å². The van der Waals surface area contributed by atoms with Gasteiger partial charge >= 0.3 is 0 Å². The van der Waals surface area contributed by atoms with E-state index in [9.17, 15) is 9.18 Å². The molecule has 0 bridgehead atoms. The minimum atomic E-state index is -0.251. The molecule has 2 aromatic heterocycles. The summed E-state index contributed by atoms with van der Waals surface area (Å²) in [6.07, 6.45) is 1.50. The second-order valence-electron chi connectivity index (χ2n) is 6.93. The summed E-state index contributed by atoms with van der Waals surface area (Å²) in [5, 5.41) is 3.27. The Kier molecular flexibility index (Phi) is 5.41. The Morgan fingerprint density at radius 2 is 1.90 bits per heavy atom. The smallest absolute Gasteiger partial charge is 0.289 e. The standard InChI is InChI=1S/C21H22FN5O2/c1-15-13-19(23-14-16-4-6-17(22)7-5-16)25-21(24-15)27-10-8-26(9-11-27)20(28)18-3-2-12-29-18/h2-7,12-13H,8-11,14H2,1H3,(H,23,24,25). The first kappa shape index (κ1) is 18.9. The molecule has 0 radical (unpaired) electrons. The molecule has 3 aromatic rings. The molecule has 0 spiro atoms. The summed E-state index contributed by atoms with van der Waals surface area (Å²) in [7, 11) is 0. The normalized spacial score (nSPS) is 14.1. The number of aromatic nitrogens is 2. The third kappa shape index (κ3) is 4.53. The van der Waals surface area contributed by atoms with E-state index < -0.39 is 0 Å². The summed E-state index contributed by atoms with van der Waals surface area (Å²) in [5.41, 5.74) is 1.82. The molecule has 150 valence electrons. The van der Waals surface area contributed by atoms with Gasteiger partial charge in [0.25, 0.3) is 5.91 Å². The third-order valence-corrected chi connectivity index (χ3v) is 4.81. The Morgan fingerprint density at radius 3 is 2.59 bits per heavy atom. The second-order valence-corrected chi connectivity index (χ2v) is 6.93. The number of carbonyl (C=O) groups is 1. The zero-order valence-electron chi connectivity index (χ0n) is 16.1. The number of nitrogens with one attached hydrogen (secondary N) is 1. The summed E-state index contributed by atoms with van der Waals surface area (Å²) >= 11 is 0. The second kappa shape index (κ2) is 8.30. The number of hydrogen-bond donors (Lipinski definition) is 1. The molecule has 3 heterocycles. The molecular weight excluding hydrogens is 373 g/mol. The van der Waals surface area contributed by atoms with Crippen LogP contribution in [0.25, 0.3) is 0 Å². The van der Waals surface area contributed by atoms with Crippen LogP contribution in [0.4, 0.5) is 16.2 Å². The molecule has 1 fully saturated rings. The van der Waals surface area contributed by atoms with Crippen LogP contribution in [0, 0.1) is 12.7 Å². The highest BCUT2D eigenvalue weighted by molar-refractivity contribution is 5.91. The number of piperazine rings is 1. The highest BCUT2D eigenvalue weighted by Gasteiger charge is 2.25. The minimum Gasteiger partial charge on any atom is -0.459 e. The molecule has 1 aliphatic rings. The molecule has 1 amide bonds. The number of carbonyl (C=O) groups excluding carboxylic acids is 1. The zero-order valence-corrected chi connectivity index (χ0v) is 16.1. The van der Waals surface area contributed by atoms with E-state index in [1.807, 2.05) is 13.0 Å². The fourth-order valence-electron chi connectivity index (χ4n) is 3.25. The number of rotatable bonds is 5. The summed E-state index contributed by atoms with van der Waals surface area (Å²) in [5.74, 6) is 1.36. The van der Waals surface area contributed by atoms with Crippen molar-refractivity contribution in [3.63, 3.8) is 0 Å². The average molecular weight is 395 g/mol. The van der Waals surface area contributed by atoms with Crippen LogP contribution < -0.4 is 10.2 Å². The molecule has 0 unspecified atom stereocenters. The predicted molar refractivity (Wildman–Crippen MR) is 107 cm³/mol. The van der Waals surface area contributed by atoms with Crippen LogP contribution in [-0.4, -0.2) is 47.0 Å². The van der Waals surface area contributed by atoms with Gasteiger partial charge in [-0.25, -0.2) is 9.37 Å². The van der Waals surface area contributed by atoms with E-state index >= 15 is 0 Å². The molecule has 0 saturated carbocycles. The maximum absolute atomic E-state index is 13.0. The quantitative estimate of drug-likeness (QED) is 0.716. The molecule has 0 atom stereocenters. The van der Waals surface area contributed by atoms with Crippen LogP contribution in [0.5, 0.6) is 0 Å². The fraction of sp³-hybridized carbons (Fsp3) is 0.286. The van der Waals surface area contributed by atoms with E-state index in [4.69, 9.17) is 4.42 Å². The van der Waals surface area contributed by atoms with Crippen LogP contribution in [-0.2, 0) is 6.54 Å². The van der Waals surface area contributed by atoms with Gasteiger partial charge in [-0.1, -0.05) is 12.1 Å². The van der Waals surface area contributed by atoms with E-state index in [0.717, 1.165) is 11.3 Å². The highest BCUT2D eigenvalue weighted by atomic mass is 19.1. The Balaban J connectivity index is 1.39. The van der Waals surface area contributed by atoms with Gasteiger partial charge in [0.05, 0.1) is 6.26 Å². The Bertz CT molecular complexity index is 967. The summed E-state index contributed by atoms with van der Waals surface area (Å²) in [4.78, 5) is 25.4. The van der Waals surface area contributed by atoms with Gasteiger partial charge in [-0.15, -0.1) is 0 Å². The fourth-order valence-corrected chi connectivity index (χ4v) is 3.25. The molecule has 4 rings (SSSR count). The Labute approximate surface area is 168 Å². The van der Waals surface area contributed by atoms with Crippen molar-refractivity contribution in [2.45, 2.75) is 13.5 Å². The van der Waals surface area contributed by atoms with Crippen molar-refractivity contribution in [2.75, 3.05) is 36.4 Å². The van der Waals surface area contributed by atoms with Crippen molar-refractivity contribution in [1.82, 2.24) is 14.9 Å². The largest absolute Gasteiger partial charge is 0.459 e. The number of benzene rings is 1. The van der Waals surface area contributed by atoms with Gasteiger partial charge in [-0.05, 0) is 36.8 Å². The topological polar surface area (TPSA) is 74.5 Å². The SMILES string of the molecule is Cc1cc(NCc2ccc(F)cc2)nc(N2CCN(C(=O)c3ccco3)CC2)n1. The first-order valence-corrected chi connectivity index (χ1v) is 9.50. The Morgan fingerprint density at radius 1 is 1.14 bits per heavy atom. The molecule has 7 nitrogen and oxygen atoms in total. The van der Waals surface area contributed by atoms with E-state index in [2.05, 4.69) is 20.2 Å². The summed E-state index contributed by atoms with van der Waals surface area (Å²) in [6, 6.07) is 11.6. The summed E-state index contributed by atoms with van der Waals surface area (Å²) < 4.78 is 18.2. The number of nitrogens with zero attached hydrogens (tertiary/aromatic N) is 4. The summed E-state index contributed by atoms with van der Waals surface area (Å²) in [6.45, 7) is 4.91. The van der Waals surface area contributed by atoms with Gasteiger partial charge in [-0.3, -0.25) is 4.79 Å². The van der Waals surface area contributed by atoms with Crippen LogP contribution in [0.15, 0.2) is 53.1 Å². The average Bonchev–Trinajstić information content (AvgIpc) is 3.27. The maximum atomic E-state index is 13.0. The van der Waals surface area contributed by atoms with Gasteiger partial charge < -0.3 is 19.5 Å². The molecule has 1 aliphatic heterocycles. The van der Waals surface area contributed by atoms with Crippen LogP contribution >= 0.6 is 0 Å². The maximum Gasteiger partial charge on any atom is 0.289 e. The Hall–Kier alpha value is -3.42. The predicted octanol–water partition coefficient (Wildman–Crippen LogP) is 3.09. The molecule has 8 heteroatoms. The molecule has 29 heavy (non-hydrogen) atoms. The molecule has 1 aromatic carbocycles. The number of furan rings is 1. The van der Waals surface area contributed by atoms with E-state index in [-0.39, 0.29) is 11.7 Å². The minimum absolute atomic E-state index is 0.0959. The number of halogens is 1. The van der Waals surface area contributed by atoms with Gasteiger partial charge in [0, 0.05) is 44.5 Å². The molecular formula is C21H22FN5O2. The lowest BCUT2D eigenvalue weighted by Gasteiger charge is -2.34. The zero-order chi connectivity index (χ0) is 20.2. The highest BCUT2D eigenvalue weighted by Crippen LogP contribution is 2.18. The van der Waals surface area contributed by atoms with Crippen molar-refractivity contribution in [3.05, 3.63) is 71.6 Å². The lowest BCUT2D eigenvalue weighted by atomic mass is 10.2. The van der Waals surface area contributed by atoms with E-state index in [0.29, 0.717) is 50.3 Å². The van der Waals surface area contributed by atoms with Crippen molar-refractivity contribution >= 4 is 17.7 Å². The molecule has 1 N–H and O–H groups in total. The lowest BCUT2D eigenvalue weighted by Crippen LogP contribution is -2.49. The first-order chi connectivity index (χ1) is 14.1. The van der Waals surface area contributed by atoms with Crippen molar-refractivity contribution in [3.8, 4) is 0 Å². The van der Waals surface area contributed by atoms with E-state index in [1.165, 1.54) is 18.4 Å². The number of anilines is 2. The van der Waals surface area contributed by atoms with Gasteiger partial charge in [0.2, 0.25) is 5.95 Å². The van der Waals surface area contributed by atoms with E-state index in [1.54, 1.807) is 29.2 Å². The number of hydrogen-bond acceptors (Lipinski definition) is 6. The molecule has 1 saturated heterocycles. The number of aryl methyl sites for hydroxylation is 1. The van der Waals surface area contributed by atoms with Gasteiger partial charge in [0.1, 0.15) is 11.6 Å². The molecule has 0 aliphatic carbocycles. The van der Waals surface area contributed by atoms with Crippen molar-refractivity contribution in [1.29, 1.82) is 0 Å². The van der Waals surface area contributed by atoms with Crippen LogP contribution in [0.3, 0.4) is 0 Å². The van der Waals surface area contributed by atoms with Crippen molar-refractivity contribution in [2.24, 2.45) is 0 Å². The van der Waals surface area contributed by atoms with Crippen LogP contribution in [0.1, 0.15) is 21.8 Å². The van der Waals surface area contributed by atoms with Crippen LogP contribution in [0.2, 0.25) is 0 Å². The third-order valence-electron chi connectivity index (χ3n) is 4.81. The van der Waals surface area contributed by atoms with Gasteiger partial charge in [0.15, 0.2) is 5.76 Å². The monoisotopic (exact) mass is 395 g/mol. The number of amides is 1.